The van der Waals surface area contributed by atoms with Crippen LogP contribution in [0.3, 0.4) is 0 Å². The summed E-state index contributed by atoms with van der Waals surface area (Å²) in [5.41, 5.74) is 1.90. The molecule has 1 fully saturated rings. The Bertz CT molecular complexity index is 1030. The van der Waals surface area contributed by atoms with Gasteiger partial charge in [-0.05, 0) is 50.1 Å². The monoisotopic (exact) mass is 414 g/mol. The van der Waals surface area contributed by atoms with Gasteiger partial charge in [0.15, 0.2) is 10.9 Å². The van der Waals surface area contributed by atoms with Crippen LogP contribution in [0.1, 0.15) is 40.5 Å². The highest BCUT2D eigenvalue weighted by Gasteiger charge is 2.27. The normalized spacial score (nSPS) is 16.4. The van der Waals surface area contributed by atoms with E-state index >= 15 is 0 Å². The molecule has 3 aromatic rings. The number of ether oxygens (including phenoxy) is 1. The van der Waals surface area contributed by atoms with Crippen LogP contribution >= 0.6 is 22.9 Å². The number of Topliss-reactive ketones (excluding diaryl/α,β-unsaturated/α-hetero) is 1. The first-order valence-electron chi connectivity index (χ1n) is 9.12. The fraction of sp³-hybridized carbons (Fsp3) is 0.286. The van der Waals surface area contributed by atoms with Crippen molar-refractivity contribution in [3.8, 4) is 0 Å². The van der Waals surface area contributed by atoms with Crippen LogP contribution in [0.25, 0.3) is 10.2 Å². The molecule has 1 atom stereocenters. The Morgan fingerprint density at radius 1 is 1.21 bits per heavy atom. The van der Waals surface area contributed by atoms with Crippen molar-refractivity contribution in [2.24, 2.45) is 0 Å². The molecule has 1 saturated heterocycles. The number of amides is 1. The molecule has 2 aromatic carbocycles. The Kier molecular flexibility index (Phi) is 5.44. The maximum Gasteiger partial charge on any atom is 0.260 e. The summed E-state index contributed by atoms with van der Waals surface area (Å²) < 4.78 is 6.68. The summed E-state index contributed by atoms with van der Waals surface area (Å²) in [6.07, 6.45) is 1.91. The molecule has 1 unspecified atom stereocenters. The summed E-state index contributed by atoms with van der Waals surface area (Å²) in [6, 6.07) is 12.2. The molecule has 0 saturated carbocycles. The van der Waals surface area contributed by atoms with Gasteiger partial charge in [0, 0.05) is 22.8 Å². The number of carbonyl (C=O) groups excluding carboxylic acids is 2. The Morgan fingerprint density at radius 2 is 1.96 bits per heavy atom. The van der Waals surface area contributed by atoms with E-state index < -0.39 is 0 Å². The van der Waals surface area contributed by atoms with Crippen molar-refractivity contribution < 1.29 is 14.3 Å². The molecule has 1 aliphatic heterocycles. The maximum atomic E-state index is 13.3. The van der Waals surface area contributed by atoms with Gasteiger partial charge in [0.05, 0.1) is 22.9 Å². The van der Waals surface area contributed by atoms with E-state index in [2.05, 4.69) is 4.98 Å². The van der Waals surface area contributed by atoms with Crippen LogP contribution in [-0.2, 0) is 4.74 Å². The summed E-state index contributed by atoms with van der Waals surface area (Å²) in [5.74, 6) is -0.186. The Hall–Kier alpha value is -2.28. The minimum atomic E-state index is -0.157. The number of rotatable bonds is 5. The number of anilines is 1. The quantitative estimate of drug-likeness (QED) is 0.552. The molecule has 1 amide bonds. The third kappa shape index (κ3) is 3.94. The SMILES string of the molecule is CC(=O)c1ccc(C(=O)N(CC2CCCO2)c2nc3ccc(Cl)cc3s2)cc1. The van der Waals surface area contributed by atoms with Crippen molar-refractivity contribution in [3.63, 3.8) is 0 Å². The molecule has 144 valence electrons. The molecule has 0 spiro atoms. The molecular formula is C21H19ClN2O3S. The minimum absolute atomic E-state index is 0.00366. The summed E-state index contributed by atoms with van der Waals surface area (Å²) in [6.45, 7) is 2.67. The van der Waals surface area contributed by atoms with E-state index in [1.807, 2.05) is 12.1 Å². The van der Waals surface area contributed by atoms with E-state index in [1.54, 1.807) is 35.2 Å². The van der Waals surface area contributed by atoms with Gasteiger partial charge in [-0.25, -0.2) is 4.98 Å². The number of benzene rings is 2. The van der Waals surface area contributed by atoms with Crippen molar-refractivity contribution >= 4 is 50.0 Å². The van der Waals surface area contributed by atoms with Gasteiger partial charge < -0.3 is 4.74 Å². The Balaban J connectivity index is 1.69. The van der Waals surface area contributed by atoms with Crippen LogP contribution in [-0.4, -0.2) is 35.9 Å². The predicted molar refractivity (Wildman–Crippen MR) is 112 cm³/mol. The van der Waals surface area contributed by atoms with Crippen molar-refractivity contribution in [1.82, 2.24) is 4.98 Å². The lowest BCUT2D eigenvalue weighted by Crippen LogP contribution is -2.37. The van der Waals surface area contributed by atoms with Crippen molar-refractivity contribution in [2.45, 2.75) is 25.9 Å². The van der Waals surface area contributed by atoms with Crippen LogP contribution < -0.4 is 4.90 Å². The standard InChI is InChI=1S/C21H19ClN2O3S/c1-13(25)14-4-6-15(7-5-14)20(26)24(12-17-3-2-10-27-17)21-23-18-9-8-16(22)11-19(18)28-21/h4-9,11,17H,2-3,10,12H2,1H3. The second-order valence-corrected chi connectivity index (χ2v) is 8.24. The molecule has 5 nitrogen and oxygen atoms in total. The molecule has 2 heterocycles. The summed E-state index contributed by atoms with van der Waals surface area (Å²) in [4.78, 5) is 31.1. The number of nitrogens with zero attached hydrogens (tertiary/aromatic N) is 2. The van der Waals surface area contributed by atoms with Gasteiger partial charge >= 0.3 is 0 Å². The Morgan fingerprint density at radius 3 is 2.64 bits per heavy atom. The van der Waals surface area contributed by atoms with E-state index in [9.17, 15) is 9.59 Å². The second kappa shape index (κ2) is 7.99. The topological polar surface area (TPSA) is 59.5 Å². The summed E-state index contributed by atoms with van der Waals surface area (Å²) in [5, 5.41) is 1.26. The Labute approximate surface area is 171 Å². The molecule has 4 rings (SSSR count). The predicted octanol–water partition coefficient (Wildman–Crippen LogP) is 4.98. The second-order valence-electron chi connectivity index (χ2n) is 6.79. The molecule has 0 N–H and O–H groups in total. The fourth-order valence-corrected chi connectivity index (χ4v) is 4.49. The van der Waals surface area contributed by atoms with Gasteiger partial charge in [-0.1, -0.05) is 35.1 Å². The van der Waals surface area contributed by atoms with Gasteiger partial charge in [0.1, 0.15) is 0 Å². The van der Waals surface area contributed by atoms with Crippen LogP contribution in [0.15, 0.2) is 42.5 Å². The largest absolute Gasteiger partial charge is 0.376 e. The average molecular weight is 415 g/mol. The maximum absolute atomic E-state index is 13.3. The lowest BCUT2D eigenvalue weighted by molar-refractivity contribution is 0.0916. The van der Waals surface area contributed by atoms with Crippen LogP contribution in [0.2, 0.25) is 5.02 Å². The van der Waals surface area contributed by atoms with Crippen LogP contribution in [0, 0.1) is 0 Å². The first kappa shape index (κ1) is 19.1. The molecule has 7 heteroatoms. The van der Waals surface area contributed by atoms with Crippen molar-refractivity contribution in [2.75, 3.05) is 18.1 Å². The number of thiazole rings is 1. The summed E-state index contributed by atoms with van der Waals surface area (Å²) >= 11 is 7.53. The number of aromatic nitrogens is 1. The molecule has 0 radical (unpaired) electrons. The van der Waals surface area contributed by atoms with Gasteiger partial charge in [0.25, 0.3) is 5.91 Å². The van der Waals surface area contributed by atoms with E-state index in [-0.39, 0.29) is 17.8 Å². The van der Waals surface area contributed by atoms with Gasteiger partial charge in [-0.15, -0.1) is 0 Å². The third-order valence-electron chi connectivity index (χ3n) is 4.76. The number of hydrogen-bond donors (Lipinski definition) is 0. The van der Waals surface area contributed by atoms with Gasteiger partial charge in [0.2, 0.25) is 0 Å². The smallest absolute Gasteiger partial charge is 0.260 e. The lowest BCUT2D eigenvalue weighted by Gasteiger charge is -2.23. The highest BCUT2D eigenvalue weighted by atomic mass is 35.5. The molecule has 0 aliphatic carbocycles. The van der Waals surface area contributed by atoms with Crippen LogP contribution in [0.4, 0.5) is 5.13 Å². The van der Waals surface area contributed by atoms with Gasteiger partial charge in [-0.2, -0.15) is 0 Å². The molecule has 1 aliphatic rings. The third-order valence-corrected chi connectivity index (χ3v) is 6.04. The minimum Gasteiger partial charge on any atom is -0.376 e. The number of halogens is 1. The number of ketones is 1. The van der Waals surface area contributed by atoms with Crippen LogP contribution in [0.5, 0.6) is 0 Å². The summed E-state index contributed by atoms with van der Waals surface area (Å²) in [7, 11) is 0. The molecular weight excluding hydrogens is 396 g/mol. The fourth-order valence-electron chi connectivity index (χ4n) is 3.24. The zero-order valence-electron chi connectivity index (χ0n) is 15.4. The number of hydrogen-bond acceptors (Lipinski definition) is 5. The highest BCUT2D eigenvalue weighted by molar-refractivity contribution is 7.22. The number of carbonyl (C=O) groups is 2. The number of fused-ring (bicyclic) bond motifs is 1. The van der Waals surface area contributed by atoms with E-state index in [1.165, 1.54) is 18.3 Å². The van der Waals surface area contributed by atoms with Crippen molar-refractivity contribution in [3.05, 3.63) is 58.6 Å². The van der Waals surface area contributed by atoms with E-state index in [0.717, 1.165) is 29.7 Å². The molecule has 1 aromatic heterocycles. The first-order valence-corrected chi connectivity index (χ1v) is 10.3. The van der Waals surface area contributed by atoms with Gasteiger partial charge in [-0.3, -0.25) is 14.5 Å². The van der Waals surface area contributed by atoms with Crippen molar-refractivity contribution in [1.29, 1.82) is 0 Å². The molecule has 0 bridgehead atoms. The zero-order valence-corrected chi connectivity index (χ0v) is 16.9. The highest BCUT2D eigenvalue weighted by Crippen LogP contribution is 2.32. The lowest BCUT2D eigenvalue weighted by atomic mass is 10.1. The molecule has 28 heavy (non-hydrogen) atoms. The average Bonchev–Trinajstić information content (AvgIpc) is 3.34. The first-order chi connectivity index (χ1) is 13.5. The zero-order chi connectivity index (χ0) is 19.7. The van der Waals surface area contributed by atoms with E-state index in [4.69, 9.17) is 16.3 Å². The van der Waals surface area contributed by atoms with E-state index in [0.29, 0.717) is 27.8 Å².